The lowest BCUT2D eigenvalue weighted by Crippen LogP contribution is -2.63. The first-order valence-electron chi connectivity index (χ1n) is 14.0. The van der Waals surface area contributed by atoms with Crippen LogP contribution in [-0.4, -0.2) is 88.7 Å². The summed E-state index contributed by atoms with van der Waals surface area (Å²) in [4.78, 5) is 55.6. The van der Waals surface area contributed by atoms with E-state index in [1.165, 1.54) is 4.90 Å². The Morgan fingerprint density at radius 3 is 2.33 bits per heavy atom. The Kier molecular flexibility index (Phi) is 8.19. The van der Waals surface area contributed by atoms with Crippen molar-refractivity contribution in [1.82, 2.24) is 10.2 Å². The SMILES string of the molecule is CN(C)c1cc(CNC(=O)Oc2ccc(Br)cc2)c(O)c2c1C[C@H]1C[C@H]3[C@H](N(C)C)C(O)=C(C(N)=O)C(=O)[C@@]3(O)C(O)=C1C2=O. The van der Waals surface area contributed by atoms with Crippen molar-refractivity contribution in [2.75, 3.05) is 33.1 Å². The highest BCUT2D eigenvalue weighted by molar-refractivity contribution is 9.10. The van der Waals surface area contributed by atoms with E-state index in [4.69, 9.17) is 10.5 Å². The second-order valence-electron chi connectivity index (χ2n) is 11.8. The minimum atomic E-state index is -2.74. The van der Waals surface area contributed by atoms with Gasteiger partial charge in [0, 0.05) is 47.9 Å². The first-order chi connectivity index (χ1) is 21.1. The topological polar surface area (TPSA) is 203 Å². The molecule has 3 aliphatic rings. The number of Topliss-reactive ketones (excluding diaryl/α,β-unsaturated/α-hetero) is 2. The van der Waals surface area contributed by atoms with Crippen molar-refractivity contribution in [1.29, 1.82) is 0 Å². The molecule has 7 N–H and O–H groups in total. The molecule has 2 amide bonds. The number of allylic oxidation sites excluding steroid dienone is 1. The fourth-order valence-electron chi connectivity index (χ4n) is 6.70. The largest absolute Gasteiger partial charge is 0.510 e. The quantitative estimate of drug-likeness (QED) is 0.244. The number of likely N-dealkylation sites (N-methyl/N-ethyl adjacent to an activating group) is 1. The third kappa shape index (κ3) is 5.12. The number of halogens is 1. The molecule has 45 heavy (non-hydrogen) atoms. The zero-order valence-electron chi connectivity index (χ0n) is 24.9. The van der Waals surface area contributed by atoms with Gasteiger partial charge in [0.15, 0.2) is 11.4 Å². The molecule has 0 aromatic heterocycles. The smallest absolute Gasteiger partial charge is 0.412 e. The van der Waals surface area contributed by atoms with Crippen molar-refractivity contribution in [3.63, 3.8) is 0 Å². The monoisotopic (exact) mass is 684 g/mol. The number of hydrogen-bond donors (Lipinski definition) is 6. The molecule has 0 heterocycles. The van der Waals surface area contributed by atoms with Gasteiger partial charge in [-0.1, -0.05) is 15.9 Å². The molecule has 0 saturated carbocycles. The maximum atomic E-state index is 14.1. The number of aliphatic hydroxyl groups is 3. The van der Waals surface area contributed by atoms with Crippen LogP contribution in [0.2, 0.25) is 0 Å². The Hall–Kier alpha value is -4.40. The number of primary amides is 1. The van der Waals surface area contributed by atoms with Crippen LogP contribution in [0, 0.1) is 11.8 Å². The number of ketones is 2. The average Bonchev–Trinajstić information content (AvgIpc) is 2.95. The zero-order chi connectivity index (χ0) is 33.1. The number of rotatable bonds is 6. The molecule has 4 atom stereocenters. The van der Waals surface area contributed by atoms with Gasteiger partial charge in [-0.3, -0.25) is 19.3 Å². The number of nitrogens with zero attached hydrogens (tertiary/aromatic N) is 2. The highest BCUT2D eigenvalue weighted by Gasteiger charge is 2.63. The van der Waals surface area contributed by atoms with E-state index in [0.717, 1.165) is 4.47 Å². The van der Waals surface area contributed by atoms with Gasteiger partial charge in [0.1, 0.15) is 28.6 Å². The normalized spacial score (nSPS) is 24.2. The van der Waals surface area contributed by atoms with E-state index >= 15 is 0 Å². The molecular weight excluding hydrogens is 652 g/mol. The molecule has 0 fully saturated rings. The molecular formula is C31H33BrN4O9. The summed E-state index contributed by atoms with van der Waals surface area (Å²) < 4.78 is 6.07. The van der Waals surface area contributed by atoms with Crippen LogP contribution in [0.25, 0.3) is 0 Å². The molecule has 0 saturated heterocycles. The fourth-order valence-corrected chi connectivity index (χ4v) is 6.96. The van der Waals surface area contributed by atoms with E-state index in [1.54, 1.807) is 63.4 Å². The van der Waals surface area contributed by atoms with Gasteiger partial charge in [0.05, 0.1) is 11.6 Å². The Morgan fingerprint density at radius 2 is 1.76 bits per heavy atom. The molecule has 0 bridgehead atoms. The van der Waals surface area contributed by atoms with Crippen LogP contribution in [0.1, 0.15) is 27.9 Å². The number of fused-ring (bicyclic) bond motifs is 3. The number of benzene rings is 2. The molecule has 2 aromatic rings. The first kappa shape index (κ1) is 32.0. The number of carbonyl (C=O) groups is 4. The molecule has 0 radical (unpaired) electrons. The number of anilines is 1. The van der Waals surface area contributed by atoms with Crippen molar-refractivity contribution in [2.45, 2.75) is 31.0 Å². The number of aliphatic hydroxyl groups excluding tert-OH is 2. The Balaban J connectivity index is 1.56. The zero-order valence-corrected chi connectivity index (χ0v) is 26.5. The summed E-state index contributed by atoms with van der Waals surface area (Å²) in [6.07, 6.45) is -0.694. The van der Waals surface area contributed by atoms with Crippen LogP contribution >= 0.6 is 15.9 Å². The maximum absolute atomic E-state index is 14.1. The third-order valence-corrected chi connectivity index (χ3v) is 9.24. The first-order valence-corrected chi connectivity index (χ1v) is 14.8. The van der Waals surface area contributed by atoms with Crippen LogP contribution in [0.15, 0.2) is 57.5 Å². The highest BCUT2D eigenvalue weighted by Crippen LogP contribution is 2.53. The standard InChI is InChI=1S/C31H33BrN4O9/c1-35(2)19-11-14(12-34-30(43)45-16-7-5-15(32)6-8-16)24(37)21-17(19)9-13-10-18-23(36(3)4)26(39)22(29(33)42)28(41)31(18,44)27(40)20(13)25(21)38/h5-8,11,13,18,23,37,39-40,44H,9-10,12H2,1-4H3,(H2,33,42)(H,34,43)/t13-,18-,23-,31-/m0/s1. The van der Waals surface area contributed by atoms with Gasteiger partial charge in [0.2, 0.25) is 5.78 Å². The summed E-state index contributed by atoms with van der Waals surface area (Å²) in [5.41, 5.74) is 2.57. The molecule has 13 nitrogen and oxygen atoms in total. The summed E-state index contributed by atoms with van der Waals surface area (Å²) in [7, 11) is 6.63. The Labute approximate surface area is 266 Å². The van der Waals surface area contributed by atoms with Crippen LogP contribution in [0.3, 0.4) is 0 Å². The predicted molar refractivity (Wildman–Crippen MR) is 165 cm³/mol. The average molecular weight is 686 g/mol. The molecule has 0 spiro atoms. The Morgan fingerprint density at radius 1 is 1.11 bits per heavy atom. The number of nitrogens with two attached hydrogens (primary N) is 1. The summed E-state index contributed by atoms with van der Waals surface area (Å²) in [5.74, 6) is -7.00. The molecule has 0 aliphatic heterocycles. The fraction of sp³-hybridized carbons (Fsp3) is 0.355. The summed E-state index contributed by atoms with van der Waals surface area (Å²) in [5, 5.41) is 48.2. The van der Waals surface area contributed by atoms with Crippen LogP contribution in [0.4, 0.5) is 10.5 Å². The third-order valence-electron chi connectivity index (χ3n) is 8.71. The Bertz CT molecular complexity index is 1700. The highest BCUT2D eigenvalue weighted by atomic mass is 79.9. The van der Waals surface area contributed by atoms with Crippen molar-refractivity contribution in [2.24, 2.45) is 17.6 Å². The van der Waals surface area contributed by atoms with Crippen molar-refractivity contribution in [3.8, 4) is 11.5 Å². The second-order valence-corrected chi connectivity index (χ2v) is 12.7. The van der Waals surface area contributed by atoms with E-state index in [-0.39, 0.29) is 41.8 Å². The number of amides is 2. The minimum Gasteiger partial charge on any atom is -0.510 e. The summed E-state index contributed by atoms with van der Waals surface area (Å²) in [6.45, 7) is -0.224. The lowest BCUT2D eigenvalue weighted by molar-refractivity contribution is -0.148. The van der Waals surface area contributed by atoms with E-state index in [0.29, 0.717) is 11.3 Å². The molecule has 0 unspecified atom stereocenters. The summed E-state index contributed by atoms with van der Waals surface area (Å²) in [6, 6.07) is 7.12. The predicted octanol–water partition coefficient (Wildman–Crippen LogP) is 2.24. The van der Waals surface area contributed by atoms with Gasteiger partial charge in [-0.25, -0.2) is 4.79 Å². The molecule has 14 heteroatoms. The van der Waals surface area contributed by atoms with Crippen LogP contribution in [-0.2, 0) is 22.6 Å². The molecule has 2 aromatic carbocycles. The lowest BCUT2D eigenvalue weighted by Gasteiger charge is -2.50. The van der Waals surface area contributed by atoms with Gasteiger partial charge in [-0.2, -0.15) is 0 Å². The number of hydrogen-bond acceptors (Lipinski definition) is 11. The van der Waals surface area contributed by atoms with E-state index in [1.807, 2.05) is 0 Å². The molecule has 238 valence electrons. The van der Waals surface area contributed by atoms with E-state index in [9.17, 15) is 39.6 Å². The van der Waals surface area contributed by atoms with Crippen molar-refractivity contribution in [3.05, 3.63) is 74.2 Å². The summed E-state index contributed by atoms with van der Waals surface area (Å²) >= 11 is 3.30. The van der Waals surface area contributed by atoms with Gasteiger partial charge >= 0.3 is 6.09 Å². The van der Waals surface area contributed by atoms with Crippen molar-refractivity contribution < 1.29 is 44.3 Å². The number of ether oxygens (including phenoxy) is 1. The molecule has 5 rings (SSSR count). The van der Waals surface area contributed by atoms with Gasteiger partial charge in [-0.15, -0.1) is 0 Å². The number of aromatic hydroxyl groups is 1. The minimum absolute atomic E-state index is 0.0232. The van der Waals surface area contributed by atoms with Gasteiger partial charge < -0.3 is 41.1 Å². The van der Waals surface area contributed by atoms with Crippen molar-refractivity contribution >= 4 is 45.2 Å². The number of carbonyl (C=O) groups excluding carboxylic acids is 4. The number of phenols is 1. The van der Waals surface area contributed by atoms with E-state index in [2.05, 4.69) is 21.2 Å². The van der Waals surface area contributed by atoms with Crippen LogP contribution in [0.5, 0.6) is 11.5 Å². The maximum Gasteiger partial charge on any atom is 0.412 e. The molecule has 3 aliphatic carbocycles. The second kappa shape index (κ2) is 11.5. The van der Waals surface area contributed by atoms with Gasteiger partial charge in [-0.05, 0) is 68.8 Å². The van der Waals surface area contributed by atoms with Crippen LogP contribution < -0.4 is 20.7 Å². The number of nitrogens with one attached hydrogen (secondary N) is 1. The van der Waals surface area contributed by atoms with E-state index < -0.39 is 69.9 Å². The van der Waals surface area contributed by atoms with Gasteiger partial charge in [0.25, 0.3) is 5.91 Å². The lowest BCUT2D eigenvalue weighted by atomic mass is 9.58. The number of phenolic OH excluding ortho intramolecular Hbond substituents is 1.